The van der Waals surface area contributed by atoms with Gasteiger partial charge in [-0.25, -0.2) is 0 Å². The van der Waals surface area contributed by atoms with Crippen LogP contribution in [0.2, 0.25) is 0 Å². The van der Waals surface area contributed by atoms with E-state index in [1.54, 1.807) is 0 Å². The molecule has 0 N–H and O–H groups in total. The Morgan fingerprint density at radius 1 is 1.21 bits per heavy atom. The van der Waals surface area contributed by atoms with Gasteiger partial charge in [0.25, 0.3) is 0 Å². The smallest absolute Gasteiger partial charge is 0.123 e. The summed E-state index contributed by atoms with van der Waals surface area (Å²) in [5.41, 5.74) is 0.0723. The van der Waals surface area contributed by atoms with E-state index in [9.17, 15) is 0 Å². The molecule has 0 amide bonds. The van der Waals surface area contributed by atoms with E-state index in [1.165, 1.54) is 19.3 Å². The van der Waals surface area contributed by atoms with Gasteiger partial charge in [0.15, 0.2) is 0 Å². The molecule has 1 aliphatic heterocycles. The molecule has 0 bridgehead atoms. The van der Waals surface area contributed by atoms with E-state index in [2.05, 4.69) is 45.1 Å². The molecule has 2 rings (SSSR count). The summed E-state index contributed by atoms with van der Waals surface area (Å²) in [4.78, 5) is 0. The van der Waals surface area contributed by atoms with Crippen LogP contribution in [0.15, 0.2) is 24.3 Å². The lowest BCUT2D eigenvalue weighted by Crippen LogP contribution is -2.29. The minimum absolute atomic E-state index is 0.0247. The molecule has 0 aromatic heterocycles. The third kappa shape index (κ3) is 1.18. The van der Waals surface area contributed by atoms with Crippen molar-refractivity contribution in [3.8, 4) is 0 Å². The van der Waals surface area contributed by atoms with E-state index >= 15 is 0 Å². The first-order valence-corrected chi connectivity index (χ1v) is 5.74. The van der Waals surface area contributed by atoms with E-state index in [4.69, 9.17) is 4.74 Å². The standard InChI is InChI=1S/C13H20O/c1-4-5-8-12-9-6-7-10-13(12,14-12)11(2)3/h6-7,9-11H,4-5,8H2,1-3H3. The minimum Gasteiger partial charge on any atom is -0.353 e. The highest BCUT2D eigenvalue weighted by molar-refractivity contribution is 5.39. The zero-order valence-corrected chi connectivity index (χ0v) is 9.42. The number of unbranched alkanes of at least 4 members (excludes halogenated alkanes) is 1. The highest BCUT2D eigenvalue weighted by Crippen LogP contribution is 2.58. The molecule has 1 fully saturated rings. The van der Waals surface area contributed by atoms with Gasteiger partial charge in [0.2, 0.25) is 0 Å². The first-order valence-electron chi connectivity index (χ1n) is 5.74. The highest BCUT2D eigenvalue weighted by Gasteiger charge is 2.68. The topological polar surface area (TPSA) is 12.5 Å². The van der Waals surface area contributed by atoms with Crippen molar-refractivity contribution in [1.29, 1.82) is 0 Å². The maximum absolute atomic E-state index is 6.04. The van der Waals surface area contributed by atoms with Crippen LogP contribution in [0.3, 0.4) is 0 Å². The van der Waals surface area contributed by atoms with E-state index < -0.39 is 0 Å². The van der Waals surface area contributed by atoms with Crippen LogP contribution in [0, 0.1) is 5.92 Å². The lowest BCUT2D eigenvalue weighted by atomic mass is 9.78. The fourth-order valence-electron chi connectivity index (χ4n) is 2.59. The maximum Gasteiger partial charge on any atom is 0.123 e. The first-order chi connectivity index (χ1) is 6.67. The molecule has 14 heavy (non-hydrogen) atoms. The molecular formula is C13H20O. The number of allylic oxidation sites excluding steroid dienone is 2. The average Bonchev–Trinajstić information content (AvgIpc) is 2.86. The molecule has 2 unspecified atom stereocenters. The molecule has 0 spiro atoms. The van der Waals surface area contributed by atoms with Crippen molar-refractivity contribution in [3.63, 3.8) is 0 Å². The molecule has 0 radical (unpaired) electrons. The summed E-state index contributed by atoms with van der Waals surface area (Å²) in [6, 6.07) is 0. The number of epoxide rings is 1. The average molecular weight is 192 g/mol. The third-order valence-corrected chi connectivity index (χ3v) is 3.55. The Hall–Kier alpha value is -0.560. The normalized spacial score (nSPS) is 38.9. The lowest BCUT2D eigenvalue weighted by Gasteiger charge is -2.20. The molecule has 0 saturated carbocycles. The Bertz CT molecular complexity index is 277. The monoisotopic (exact) mass is 192 g/mol. The van der Waals surface area contributed by atoms with Crippen LogP contribution in [0.4, 0.5) is 0 Å². The first kappa shape index (κ1) is 9.97. The Morgan fingerprint density at radius 2 is 1.93 bits per heavy atom. The second kappa shape index (κ2) is 3.23. The summed E-state index contributed by atoms with van der Waals surface area (Å²) in [5, 5.41) is 0. The van der Waals surface area contributed by atoms with Crippen LogP contribution < -0.4 is 0 Å². The minimum atomic E-state index is 0.0247. The van der Waals surface area contributed by atoms with Crippen molar-refractivity contribution < 1.29 is 4.74 Å². The van der Waals surface area contributed by atoms with Crippen molar-refractivity contribution in [2.75, 3.05) is 0 Å². The van der Waals surface area contributed by atoms with E-state index in [0.717, 1.165) is 0 Å². The highest BCUT2D eigenvalue weighted by atomic mass is 16.6. The van der Waals surface area contributed by atoms with Crippen LogP contribution in [0.25, 0.3) is 0 Å². The Labute approximate surface area is 86.8 Å². The number of rotatable bonds is 4. The van der Waals surface area contributed by atoms with Crippen LogP contribution in [0.5, 0.6) is 0 Å². The van der Waals surface area contributed by atoms with Crippen molar-refractivity contribution in [2.24, 2.45) is 5.92 Å². The molecule has 1 aliphatic carbocycles. The van der Waals surface area contributed by atoms with Gasteiger partial charge < -0.3 is 4.74 Å². The SMILES string of the molecule is CCCCC12C=CC=CC1(C(C)C)O2. The van der Waals surface area contributed by atoms with Gasteiger partial charge in [0.1, 0.15) is 11.2 Å². The second-order valence-electron chi connectivity index (χ2n) is 4.76. The van der Waals surface area contributed by atoms with Gasteiger partial charge in [-0.1, -0.05) is 45.8 Å². The van der Waals surface area contributed by atoms with Gasteiger partial charge in [0.05, 0.1) is 0 Å². The molecule has 1 saturated heterocycles. The molecular weight excluding hydrogens is 172 g/mol. The quantitative estimate of drug-likeness (QED) is 0.621. The third-order valence-electron chi connectivity index (χ3n) is 3.55. The Kier molecular flexibility index (Phi) is 2.30. The van der Waals surface area contributed by atoms with Gasteiger partial charge in [-0.3, -0.25) is 0 Å². The second-order valence-corrected chi connectivity index (χ2v) is 4.76. The van der Waals surface area contributed by atoms with Crippen molar-refractivity contribution in [3.05, 3.63) is 24.3 Å². The van der Waals surface area contributed by atoms with E-state index in [-0.39, 0.29) is 11.2 Å². The van der Waals surface area contributed by atoms with Crippen LogP contribution in [0.1, 0.15) is 40.0 Å². The number of ether oxygens (including phenoxy) is 1. The number of fused-ring (bicyclic) bond motifs is 1. The van der Waals surface area contributed by atoms with Gasteiger partial charge in [0, 0.05) is 0 Å². The summed E-state index contributed by atoms with van der Waals surface area (Å²) >= 11 is 0. The van der Waals surface area contributed by atoms with Crippen molar-refractivity contribution in [1.82, 2.24) is 0 Å². The molecule has 0 aromatic carbocycles. The van der Waals surface area contributed by atoms with E-state index in [0.29, 0.717) is 5.92 Å². The summed E-state index contributed by atoms with van der Waals surface area (Å²) in [5.74, 6) is 0.570. The molecule has 2 aliphatic rings. The summed E-state index contributed by atoms with van der Waals surface area (Å²) < 4.78 is 6.04. The molecule has 1 heteroatoms. The lowest BCUT2D eigenvalue weighted by molar-refractivity contribution is 0.264. The zero-order valence-electron chi connectivity index (χ0n) is 9.42. The molecule has 1 heterocycles. The molecule has 78 valence electrons. The fourth-order valence-corrected chi connectivity index (χ4v) is 2.59. The largest absolute Gasteiger partial charge is 0.353 e. The maximum atomic E-state index is 6.04. The van der Waals surface area contributed by atoms with Crippen LogP contribution >= 0.6 is 0 Å². The van der Waals surface area contributed by atoms with Gasteiger partial charge >= 0.3 is 0 Å². The summed E-state index contributed by atoms with van der Waals surface area (Å²) in [7, 11) is 0. The molecule has 0 aromatic rings. The van der Waals surface area contributed by atoms with Gasteiger partial charge in [-0.2, -0.15) is 0 Å². The zero-order chi connectivity index (χ0) is 10.2. The predicted molar refractivity (Wildman–Crippen MR) is 59.2 cm³/mol. The Balaban J connectivity index is 2.14. The molecule has 2 atom stereocenters. The van der Waals surface area contributed by atoms with Gasteiger partial charge in [-0.15, -0.1) is 0 Å². The predicted octanol–water partition coefficient (Wildman–Crippen LogP) is 3.47. The Morgan fingerprint density at radius 3 is 2.57 bits per heavy atom. The van der Waals surface area contributed by atoms with E-state index in [1.807, 2.05) is 0 Å². The number of hydrogen-bond donors (Lipinski definition) is 0. The van der Waals surface area contributed by atoms with Crippen LogP contribution in [-0.2, 0) is 4.74 Å². The van der Waals surface area contributed by atoms with Crippen molar-refractivity contribution in [2.45, 2.75) is 51.2 Å². The summed E-state index contributed by atoms with van der Waals surface area (Å²) in [6.07, 6.45) is 12.4. The van der Waals surface area contributed by atoms with Crippen LogP contribution in [-0.4, -0.2) is 11.2 Å². The fraction of sp³-hybridized carbons (Fsp3) is 0.692. The number of hydrogen-bond acceptors (Lipinski definition) is 1. The van der Waals surface area contributed by atoms with Crippen molar-refractivity contribution >= 4 is 0 Å². The summed E-state index contributed by atoms with van der Waals surface area (Å²) in [6.45, 7) is 6.73. The molecule has 1 nitrogen and oxygen atoms in total. The van der Waals surface area contributed by atoms with Gasteiger partial charge in [-0.05, 0) is 24.5 Å².